The van der Waals surface area contributed by atoms with Crippen LogP contribution in [0.25, 0.3) is 0 Å². The van der Waals surface area contributed by atoms with E-state index in [0.29, 0.717) is 0 Å². The van der Waals surface area contributed by atoms with E-state index in [1.54, 1.807) is 134 Å². The van der Waals surface area contributed by atoms with Crippen molar-refractivity contribution in [2.24, 2.45) is 17.3 Å². The number of ketones is 5. The van der Waals surface area contributed by atoms with Gasteiger partial charge in [-0.15, -0.1) is 0 Å². The molecular weight excluding hydrogens is 654 g/mol. The van der Waals surface area contributed by atoms with Crippen LogP contribution in [0, 0.1) is 17.3 Å². The molecule has 0 aliphatic carbocycles. The SMILES string of the molecule is CCOC(=O)C1(C(=O)c2ccccc2)C(C(=O)c2ccccc2)C(C(=O)c2ccccc2)C(C(=O)c2ccccc2)N(C)C1C(=O)c1ccccc1. The van der Waals surface area contributed by atoms with Gasteiger partial charge < -0.3 is 4.74 Å². The molecule has 0 spiro atoms. The topological polar surface area (TPSA) is 115 Å². The van der Waals surface area contributed by atoms with E-state index in [4.69, 9.17) is 4.74 Å². The summed E-state index contributed by atoms with van der Waals surface area (Å²) >= 11 is 0. The molecule has 0 N–H and O–H groups in total. The van der Waals surface area contributed by atoms with E-state index in [1.165, 1.54) is 36.2 Å². The summed E-state index contributed by atoms with van der Waals surface area (Å²) in [6.07, 6.45) is 0. The molecule has 0 aromatic heterocycles. The third kappa shape index (κ3) is 6.33. The molecule has 52 heavy (non-hydrogen) atoms. The monoisotopic (exact) mass is 691 g/mol. The molecule has 1 aliphatic heterocycles. The van der Waals surface area contributed by atoms with Crippen molar-refractivity contribution in [3.05, 3.63) is 179 Å². The van der Waals surface area contributed by atoms with Gasteiger partial charge >= 0.3 is 5.97 Å². The number of likely N-dealkylation sites (tertiary alicyclic amines) is 1. The molecule has 260 valence electrons. The molecule has 8 nitrogen and oxygen atoms in total. The number of hydrogen-bond acceptors (Lipinski definition) is 8. The molecule has 1 aliphatic rings. The van der Waals surface area contributed by atoms with Crippen molar-refractivity contribution in [2.45, 2.75) is 19.0 Å². The fourth-order valence-electron chi connectivity index (χ4n) is 7.56. The molecule has 0 bridgehead atoms. The predicted molar refractivity (Wildman–Crippen MR) is 195 cm³/mol. The van der Waals surface area contributed by atoms with Gasteiger partial charge in [-0.25, -0.2) is 0 Å². The third-order valence-corrected chi connectivity index (χ3v) is 9.83. The van der Waals surface area contributed by atoms with Crippen LogP contribution in [0.15, 0.2) is 152 Å². The van der Waals surface area contributed by atoms with E-state index in [0.717, 1.165) is 0 Å². The van der Waals surface area contributed by atoms with Gasteiger partial charge in [0.15, 0.2) is 34.3 Å². The lowest BCUT2D eigenvalue weighted by molar-refractivity contribution is -0.162. The van der Waals surface area contributed by atoms with E-state index in [9.17, 15) is 4.79 Å². The smallest absolute Gasteiger partial charge is 0.322 e. The van der Waals surface area contributed by atoms with E-state index in [-0.39, 0.29) is 34.4 Å². The Morgan fingerprint density at radius 1 is 0.519 bits per heavy atom. The van der Waals surface area contributed by atoms with Crippen LogP contribution in [0.3, 0.4) is 0 Å². The summed E-state index contributed by atoms with van der Waals surface area (Å²) in [6, 6.07) is 37.1. The number of likely N-dealkylation sites (N-methyl/N-ethyl adjacent to an activating group) is 1. The molecular formula is C44H37NO7. The molecule has 5 unspecified atom stereocenters. The predicted octanol–water partition coefficient (Wildman–Crippen LogP) is 6.87. The normalized spacial score (nSPS) is 21.4. The van der Waals surface area contributed by atoms with Crippen molar-refractivity contribution in [1.29, 1.82) is 0 Å². The Labute approximate surface area is 302 Å². The van der Waals surface area contributed by atoms with Gasteiger partial charge in [-0.1, -0.05) is 152 Å². The van der Waals surface area contributed by atoms with Crippen LogP contribution < -0.4 is 0 Å². The summed E-state index contributed by atoms with van der Waals surface area (Å²) in [4.78, 5) is 92.4. The molecule has 8 heteroatoms. The van der Waals surface area contributed by atoms with Crippen LogP contribution in [-0.2, 0) is 9.53 Å². The van der Waals surface area contributed by atoms with Crippen LogP contribution in [0.5, 0.6) is 0 Å². The van der Waals surface area contributed by atoms with E-state index in [1.807, 2.05) is 0 Å². The first-order valence-corrected chi connectivity index (χ1v) is 17.1. The maximum absolute atomic E-state index is 15.5. The van der Waals surface area contributed by atoms with Gasteiger partial charge in [0.25, 0.3) is 0 Å². The second kappa shape index (κ2) is 15.4. The van der Waals surface area contributed by atoms with Gasteiger partial charge in [-0.2, -0.15) is 0 Å². The molecule has 0 radical (unpaired) electrons. The van der Waals surface area contributed by atoms with Gasteiger partial charge in [-0.3, -0.25) is 33.7 Å². The van der Waals surface area contributed by atoms with Crippen molar-refractivity contribution >= 4 is 34.9 Å². The minimum Gasteiger partial charge on any atom is -0.465 e. The van der Waals surface area contributed by atoms with E-state index >= 15 is 24.0 Å². The number of esters is 1. The number of Topliss-reactive ketones (excluding diaryl/α,β-unsaturated/α-hetero) is 5. The lowest BCUT2D eigenvalue weighted by Crippen LogP contribution is -2.74. The number of carbonyl (C=O) groups excluding carboxylic acids is 6. The van der Waals surface area contributed by atoms with Gasteiger partial charge in [0.2, 0.25) is 0 Å². The highest BCUT2D eigenvalue weighted by molar-refractivity contribution is 6.24. The molecule has 1 saturated heterocycles. The van der Waals surface area contributed by atoms with Crippen molar-refractivity contribution in [2.75, 3.05) is 13.7 Å². The summed E-state index contributed by atoms with van der Waals surface area (Å²) in [5.41, 5.74) is -2.00. The molecule has 1 fully saturated rings. The van der Waals surface area contributed by atoms with E-state index < -0.39 is 64.2 Å². The highest BCUT2D eigenvalue weighted by Crippen LogP contribution is 2.52. The maximum atomic E-state index is 15.5. The average Bonchev–Trinajstić information content (AvgIpc) is 3.20. The van der Waals surface area contributed by atoms with Crippen LogP contribution in [0.2, 0.25) is 0 Å². The average molecular weight is 692 g/mol. The Bertz CT molecular complexity index is 2090. The van der Waals surface area contributed by atoms with Crippen molar-refractivity contribution in [3.8, 4) is 0 Å². The van der Waals surface area contributed by atoms with Gasteiger partial charge in [-0.05, 0) is 14.0 Å². The lowest BCUT2D eigenvalue weighted by Gasteiger charge is -2.55. The highest BCUT2D eigenvalue weighted by atomic mass is 16.5. The fourth-order valence-corrected chi connectivity index (χ4v) is 7.56. The molecule has 6 rings (SSSR count). The maximum Gasteiger partial charge on any atom is 0.322 e. The zero-order chi connectivity index (χ0) is 36.8. The van der Waals surface area contributed by atoms with Gasteiger partial charge in [0.1, 0.15) is 0 Å². The first-order valence-electron chi connectivity index (χ1n) is 17.1. The Hall–Kier alpha value is -6.12. The summed E-state index contributed by atoms with van der Waals surface area (Å²) in [7, 11) is 1.46. The Morgan fingerprint density at radius 3 is 1.31 bits per heavy atom. The first kappa shape index (κ1) is 35.7. The minimum atomic E-state index is -2.64. The van der Waals surface area contributed by atoms with Gasteiger partial charge in [0.05, 0.1) is 30.5 Å². The zero-order valence-corrected chi connectivity index (χ0v) is 28.8. The number of piperidine rings is 1. The largest absolute Gasteiger partial charge is 0.465 e. The number of carbonyl (C=O) groups is 6. The molecule has 5 atom stereocenters. The van der Waals surface area contributed by atoms with Crippen LogP contribution in [-0.4, -0.2) is 65.5 Å². The summed E-state index contributed by atoms with van der Waals surface area (Å²) < 4.78 is 5.74. The molecule has 5 aromatic rings. The van der Waals surface area contributed by atoms with Crippen LogP contribution in [0.1, 0.15) is 58.7 Å². The molecule has 0 amide bonds. The first-order chi connectivity index (χ1) is 25.2. The number of nitrogens with zero attached hydrogens (tertiary/aromatic N) is 1. The Balaban J connectivity index is 1.77. The standard InChI is InChI=1S/C44H37NO7/c1-3-52-43(51)44(42(50)33-27-17-8-18-28-33)35(38(47)30-21-11-5-12-22-30)34(37(46)29-19-9-4-10-20-29)36(39(48)31-23-13-6-14-24-31)45(2)41(44)40(49)32-25-15-7-16-26-32/h4-28,34-36,41H,3H2,1-2H3. The van der Waals surface area contributed by atoms with E-state index in [2.05, 4.69) is 0 Å². The highest BCUT2D eigenvalue weighted by Gasteiger charge is 2.72. The Morgan fingerprint density at radius 2 is 0.885 bits per heavy atom. The van der Waals surface area contributed by atoms with Crippen molar-refractivity contribution < 1.29 is 33.5 Å². The summed E-state index contributed by atoms with van der Waals surface area (Å²) in [5.74, 6) is -8.17. The van der Waals surface area contributed by atoms with Gasteiger partial charge in [0, 0.05) is 27.8 Å². The minimum absolute atomic E-state index is 0.0272. The quantitative estimate of drug-likeness (QED) is 0.0792. The summed E-state index contributed by atoms with van der Waals surface area (Å²) in [5, 5.41) is 0. The van der Waals surface area contributed by atoms with Crippen molar-refractivity contribution in [1.82, 2.24) is 4.90 Å². The van der Waals surface area contributed by atoms with Crippen molar-refractivity contribution in [3.63, 3.8) is 0 Å². The fraction of sp³-hybridized carbons (Fsp3) is 0.182. The summed E-state index contributed by atoms with van der Waals surface area (Å²) in [6.45, 7) is 1.36. The molecule has 5 aromatic carbocycles. The number of rotatable bonds is 12. The molecule has 1 heterocycles. The number of ether oxygens (including phenoxy) is 1. The third-order valence-electron chi connectivity index (χ3n) is 9.83. The van der Waals surface area contributed by atoms with Crippen LogP contribution in [0.4, 0.5) is 0 Å². The van der Waals surface area contributed by atoms with Crippen LogP contribution >= 0.6 is 0 Å². The molecule has 0 saturated carbocycles. The Kier molecular flexibility index (Phi) is 10.6. The lowest BCUT2D eigenvalue weighted by atomic mass is 9.52. The second-order valence-electron chi connectivity index (χ2n) is 12.7. The number of benzene rings is 5. The zero-order valence-electron chi connectivity index (χ0n) is 28.8. The number of hydrogen-bond donors (Lipinski definition) is 0. The second-order valence-corrected chi connectivity index (χ2v) is 12.7.